The molecule has 1 aliphatic rings. The van der Waals surface area contributed by atoms with E-state index in [9.17, 15) is 4.79 Å². The minimum atomic E-state index is -0.804. The van der Waals surface area contributed by atoms with Gasteiger partial charge in [-0.2, -0.15) is 5.26 Å². The minimum absolute atomic E-state index is 0.161. The van der Waals surface area contributed by atoms with Crippen LogP contribution in [0.25, 0.3) is 0 Å². The zero-order chi connectivity index (χ0) is 12.3. The number of hydrogen-bond donors (Lipinski definition) is 1. The molecule has 4 nitrogen and oxygen atoms in total. The third-order valence-corrected chi connectivity index (χ3v) is 3.32. The van der Waals surface area contributed by atoms with Gasteiger partial charge in [-0.15, -0.1) is 0 Å². The lowest BCUT2D eigenvalue weighted by atomic mass is 9.87. The highest BCUT2D eigenvalue weighted by Gasteiger charge is 2.41. The molecular weight excluding hydrogens is 216 g/mol. The van der Waals surface area contributed by atoms with Crippen molar-refractivity contribution < 1.29 is 9.21 Å². The van der Waals surface area contributed by atoms with Crippen molar-refractivity contribution in [2.24, 2.45) is 5.41 Å². The fourth-order valence-corrected chi connectivity index (χ4v) is 2.28. The predicted octanol–water partition coefficient (Wildman–Crippen LogP) is 2.29. The molecule has 1 saturated carbocycles. The molecule has 0 saturated heterocycles. The van der Waals surface area contributed by atoms with Crippen LogP contribution in [0, 0.1) is 23.7 Å². The van der Waals surface area contributed by atoms with E-state index in [1.807, 2.05) is 19.1 Å². The molecule has 1 N–H and O–H groups in total. The van der Waals surface area contributed by atoms with Gasteiger partial charge < -0.3 is 9.73 Å². The number of furan rings is 1. The maximum Gasteiger partial charge on any atom is 0.240 e. The number of nitrogens with zero attached hydrogens (tertiary/aromatic N) is 1. The molecule has 90 valence electrons. The summed E-state index contributed by atoms with van der Waals surface area (Å²) >= 11 is 0. The van der Waals surface area contributed by atoms with Gasteiger partial charge in [0.05, 0.1) is 12.6 Å². The molecule has 0 unspecified atom stereocenters. The first kappa shape index (κ1) is 11.7. The number of amides is 1. The summed E-state index contributed by atoms with van der Waals surface area (Å²) in [5.74, 6) is 1.39. The van der Waals surface area contributed by atoms with E-state index in [1.165, 1.54) is 0 Å². The summed E-state index contributed by atoms with van der Waals surface area (Å²) in [6, 6.07) is 5.87. The summed E-state index contributed by atoms with van der Waals surface area (Å²) in [6.45, 7) is 2.22. The monoisotopic (exact) mass is 232 g/mol. The maximum atomic E-state index is 12.0. The van der Waals surface area contributed by atoms with Crippen molar-refractivity contribution in [3.8, 4) is 6.07 Å². The Balaban J connectivity index is 1.95. The molecule has 1 amide bonds. The maximum absolute atomic E-state index is 12.0. The number of aryl methyl sites for hydroxylation is 1. The van der Waals surface area contributed by atoms with Gasteiger partial charge in [0.25, 0.3) is 0 Å². The molecular formula is C13H16N2O2. The van der Waals surface area contributed by atoms with Gasteiger partial charge in [-0.25, -0.2) is 0 Å². The summed E-state index contributed by atoms with van der Waals surface area (Å²) in [5, 5.41) is 11.9. The lowest BCUT2D eigenvalue weighted by Gasteiger charge is -2.18. The van der Waals surface area contributed by atoms with E-state index in [0.29, 0.717) is 19.4 Å². The largest absolute Gasteiger partial charge is 0.465 e. The second-order valence-corrected chi connectivity index (χ2v) is 4.60. The zero-order valence-electron chi connectivity index (χ0n) is 9.95. The molecule has 0 radical (unpaired) electrons. The molecule has 0 aliphatic heterocycles. The van der Waals surface area contributed by atoms with Gasteiger partial charge >= 0.3 is 0 Å². The molecule has 0 aromatic carbocycles. The molecule has 1 heterocycles. The van der Waals surface area contributed by atoms with Crippen molar-refractivity contribution in [2.45, 2.75) is 39.2 Å². The van der Waals surface area contributed by atoms with Crippen LogP contribution in [0.15, 0.2) is 16.5 Å². The van der Waals surface area contributed by atoms with Crippen molar-refractivity contribution in [1.82, 2.24) is 5.32 Å². The third-order valence-electron chi connectivity index (χ3n) is 3.32. The Morgan fingerprint density at radius 3 is 2.76 bits per heavy atom. The highest BCUT2D eigenvalue weighted by atomic mass is 16.3. The number of rotatable bonds is 3. The zero-order valence-corrected chi connectivity index (χ0v) is 9.95. The second kappa shape index (κ2) is 4.62. The van der Waals surface area contributed by atoms with E-state index in [0.717, 1.165) is 24.4 Å². The number of carbonyl (C=O) groups excluding carboxylic acids is 1. The summed E-state index contributed by atoms with van der Waals surface area (Å²) in [6.07, 6.45) is 3.26. The Morgan fingerprint density at radius 1 is 1.53 bits per heavy atom. The quantitative estimate of drug-likeness (QED) is 0.869. The van der Waals surface area contributed by atoms with Gasteiger partial charge in [0.1, 0.15) is 16.9 Å². The van der Waals surface area contributed by atoms with Crippen LogP contribution < -0.4 is 5.32 Å². The van der Waals surface area contributed by atoms with E-state index in [1.54, 1.807) is 0 Å². The smallest absolute Gasteiger partial charge is 0.240 e. The summed E-state index contributed by atoms with van der Waals surface area (Å²) < 4.78 is 5.37. The number of hydrogen-bond acceptors (Lipinski definition) is 3. The lowest BCUT2D eigenvalue weighted by Crippen LogP contribution is -2.37. The average Bonchev–Trinajstić information content (AvgIpc) is 2.95. The van der Waals surface area contributed by atoms with Crippen LogP contribution in [0.2, 0.25) is 0 Å². The van der Waals surface area contributed by atoms with E-state index in [2.05, 4.69) is 11.4 Å². The summed E-state index contributed by atoms with van der Waals surface area (Å²) in [5.41, 5.74) is -0.804. The van der Waals surface area contributed by atoms with E-state index < -0.39 is 5.41 Å². The third kappa shape index (κ3) is 2.33. The Bertz CT molecular complexity index is 450. The Kier molecular flexibility index (Phi) is 3.19. The number of nitrogens with one attached hydrogen (secondary N) is 1. The highest BCUT2D eigenvalue weighted by molar-refractivity contribution is 5.85. The van der Waals surface area contributed by atoms with Crippen molar-refractivity contribution in [2.75, 3.05) is 0 Å². The topological polar surface area (TPSA) is 66.0 Å². The first-order valence-corrected chi connectivity index (χ1v) is 5.91. The van der Waals surface area contributed by atoms with Crippen molar-refractivity contribution in [3.05, 3.63) is 23.7 Å². The molecule has 4 heteroatoms. The molecule has 0 atom stereocenters. The summed E-state index contributed by atoms with van der Waals surface area (Å²) in [4.78, 5) is 12.0. The van der Waals surface area contributed by atoms with Gasteiger partial charge in [-0.05, 0) is 31.9 Å². The van der Waals surface area contributed by atoms with Crippen molar-refractivity contribution in [1.29, 1.82) is 5.26 Å². The molecule has 17 heavy (non-hydrogen) atoms. The van der Waals surface area contributed by atoms with Gasteiger partial charge in [0, 0.05) is 0 Å². The first-order valence-electron chi connectivity index (χ1n) is 5.91. The van der Waals surface area contributed by atoms with Crippen LogP contribution >= 0.6 is 0 Å². The van der Waals surface area contributed by atoms with Crippen LogP contribution in [0.1, 0.15) is 37.2 Å². The van der Waals surface area contributed by atoms with Crippen LogP contribution in [0.4, 0.5) is 0 Å². The van der Waals surface area contributed by atoms with Gasteiger partial charge in [-0.3, -0.25) is 4.79 Å². The SMILES string of the molecule is Cc1ccc(CNC(=O)C2(C#N)CCCC2)o1. The Morgan fingerprint density at radius 2 is 2.24 bits per heavy atom. The van der Waals surface area contributed by atoms with E-state index in [4.69, 9.17) is 9.68 Å². The molecule has 1 aliphatic carbocycles. The van der Waals surface area contributed by atoms with Crippen LogP contribution in [0.5, 0.6) is 0 Å². The van der Waals surface area contributed by atoms with Crippen LogP contribution in [-0.2, 0) is 11.3 Å². The standard InChI is InChI=1S/C13H16N2O2/c1-10-4-5-11(17-10)8-15-12(16)13(9-14)6-2-3-7-13/h4-5H,2-3,6-8H2,1H3,(H,15,16). The number of nitriles is 1. The van der Waals surface area contributed by atoms with Crippen LogP contribution in [-0.4, -0.2) is 5.91 Å². The second-order valence-electron chi connectivity index (χ2n) is 4.60. The fourth-order valence-electron chi connectivity index (χ4n) is 2.28. The molecule has 2 rings (SSSR count). The molecule has 0 bridgehead atoms. The van der Waals surface area contributed by atoms with Crippen LogP contribution in [0.3, 0.4) is 0 Å². The molecule has 1 fully saturated rings. The Labute approximate surface area is 101 Å². The fraction of sp³-hybridized carbons (Fsp3) is 0.538. The average molecular weight is 232 g/mol. The summed E-state index contributed by atoms with van der Waals surface area (Å²) in [7, 11) is 0. The Hall–Kier alpha value is -1.76. The van der Waals surface area contributed by atoms with Crippen molar-refractivity contribution in [3.63, 3.8) is 0 Å². The normalized spacial score (nSPS) is 17.6. The first-order chi connectivity index (χ1) is 8.16. The van der Waals surface area contributed by atoms with Crippen molar-refractivity contribution >= 4 is 5.91 Å². The van der Waals surface area contributed by atoms with Gasteiger partial charge in [-0.1, -0.05) is 12.8 Å². The highest BCUT2D eigenvalue weighted by Crippen LogP contribution is 2.37. The minimum Gasteiger partial charge on any atom is -0.465 e. The predicted molar refractivity (Wildman–Crippen MR) is 61.8 cm³/mol. The molecule has 0 spiro atoms. The van der Waals surface area contributed by atoms with E-state index in [-0.39, 0.29) is 5.91 Å². The molecule has 1 aromatic rings. The van der Waals surface area contributed by atoms with E-state index >= 15 is 0 Å². The lowest BCUT2D eigenvalue weighted by molar-refractivity contribution is -0.128. The number of carbonyl (C=O) groups is 1. The van der Waals surface area contributed by atoms with Gasteiger partial charge in [0.15, 0.2) is 0 Å². The molecule has 1 aromatic heterocycles. The van der Waals surface area contributed by atoms with Gasteiger partial charge in [0.2, 0.25) is 5.91 Å².